The van der Waals surface area contributed by atoms with Crippen molar-refractivity contribution < 1.29 is 5.11 Å². The van der Waals surface area contributed by atoms with Crippen LogP contribution in [0.3, 0.4) is 0 Å². The van der Waals surface area contributed by atoms with E-state index in [0.29, 0.717) is 0 Å². The van der Waals surface area contributed by atoms with Gasteiger partial charge in [0.1, 0.15) is 11.6 Å². The molecule has 0 spiro atoms. The number of para-hydroxylation sites is 1. The largest absolute Gasteiger partial charge is 0.507 e. The third-order valence-electron chi connectivity index (χ3n) is 14.8. The van der Waals surface area contributed by atoms with Crippen molar-refractivity contribution >= 4 is 21.8 Å². The molecule has 0 saturated carbocycles. The van der Waals surface area contributed by atoms with Crippen molar-refractivity contribution in [3.05, 3.63) is 191 Å². The highest BCUT2D eigenvalue weighted by Gasteiger charge is 2.32. The Morgan fingerprint density at radius 2 is 1.08 bits per heavy atom. The summed E-state index contributed by atoms with van der Waals surface area (Å²) >= 11 is 0. The van der Waals surface area contributed by atoms with Gasteiger partial charge in [-0.05, 0) is 125 Å². The molecule has 2 heterocycles. The van der Waals surface area contributed by atoms with Crippen LogP contribution in [0.4, 0.5) is 0 Å². The number of pyridine rings is 1. The first-order chi connectivity index (χ1) is 33.4. The maximum absolute atomic E-state index is 12.8. The molecule has 362 valence electrons. The van der Waals surface area contributed by atoms with E-state index in [0.717, 1.165) is 72.7 Å². The van der Waals surface area contributed by atoms with Crippen LogP contribution >= 0.6 is 0 Å². The highest BCUT2D eigenvalue weighted by atomic mass is 16.3. The SMILES string of the molecule is CC(C)c1cc(C(C)(C)C)cc(C(C)C)c1-n1c(-c2cc(C(C)(C)C)cc(C(C)(C)C)c2O)nc2c(-c3cc(-c4cc(-c5ccccc5)ccn4)cc(C(C)(C)c4ccc5ccccc5c4)c3)cccc21. The second-order valence-corrected chi connectivity index (χ2v) is 24.2. The number of rotatable bonds is 9. The minimum Gasteiger partial charge on any atom is -0.507 e. The van der Waals surface area contributed by atoms with Gasteiger partial charge in [-0.2, -0.15) is 0 Å². The Hall–Kier alpha value is -6.78. The molecule has 0 bridgehead atoms. The zero-order chi connectivity index (χ0) is 50.9. The van der Waals surface area contributed by atoms with Crippen molar-refractivity contribution in [3.8, 4) is 56.3 Å². The van der Waals surface area contributed by atoms with Crippen LogP contribution in [0.15, 0.2) is 152 Å². The molecule has 0 radical (unpaired) electrons. The monoisotopic (exact) mass is 936 g/mol. The molecule has 0 saturated heterocycles. The lowest BCUT2D eigenvalue weighted by Crippen LogP contribution is -2.19. The van der Waals surface area contributed by atoms with Gasteiger partial charge in [-0.15, -0.1) is 0 Å². The normalized spacial score (nSPS) is 12.7. The van der Waals surface area contributed by atoms with Crippen LogP contribution in [0.5, 0.6) is 5.75 Å². The van der Waals surface area contributed by atoms with Gasteiger partial charge in [-0.25, -0.2) is 4.98 Å². The molecule has 0 unspecified atom stereocenters. The van der Waals surface area contributed by atoms with Gasteiger partial charge in [-0.3, -0.25) is 9.55 Å². The number of hydrogen-bond donors (Lipinski definition) is 1. The molecule has 0 fully saturated rings. The summed E-state index contributed by atoms with van der Waals surface area (Å²) in [6.45, 7) is 34.1. The smallest absolute Gasteiger partial charge is 0.149 e. The zero-order valence-corrected chi connectivity index (χ0v) is 44.9. The van der Waals surface area contributed by atoms with E-state index < -0.39 is 0 Å². The fourth-order valence-corrected chi connectivity index (χ4v) is 10.2. The van der Waals surface area contributed by atoms with Crippen molar-refractivity contribution in [1.29, 1.82) is 0 Å². The van der Waals surface area contributed by atoms with Crippen LogP contribution in [0, 0.1) is 0 Å². The van der Waals surface area contributed by atoms with Gasteiger partial charge in [-0.1, -0.05) is 213 Å². The van der Waals surface area contributed by atoms with Gasteiger partial charge < -0.3 is 5.11 Å². The third kappa shape index (κ3) is 9.35. The second kappa shape index (κ2) is 18.1. The number of imidazole rings is 1. The summed E-state index contributed by atoms with van der Waals surface area (Å²) < 4.78 is 2.40. The Morgan fingerprint density at radius 3 is 1.72 bits per heavy atom. The Morgan fingerprint density at radius 1 is 0.465 bits per heavy atom. The van der Waals surface area contributed by atoms with Crippen molar-refractivity contribution in [3.63, 3.8) is 0 Å². The topological polar surface area (TPSA) is 50.9 Å². The highest BCUT2D eigenvalue weighted by molar-refractivity contribution is 5.97. The molecule has 0 atom stereocenters. The lowest BCUT2D eigenvalue weighted by atomic mass is 9.76. The predicted octanol–water partition coefficient (Wildman–Crippen LogP) is 18.4. The van der Waals surface area contributed by atoms with E-state index in [9.17, 15) is 5.11 Å². The fourth-order valence-electron chi connectivity index (χ4n) is 10.2. The molecule has 1 N–H and O–H groups in total. The van der Waals surface area contributed by atoms with Crippen LogP contribution in [0.25, 0.3) is 72.4 Å². The maximum Gasteiger partial charge on any atom is 0.149 e. The Balaban J connectivity index is 1.40. The number of hydrogen-bond acceptors (Lipinski definition) is 3. The van der Waals surface area contributed by atoms with E-state index in [2.05, 4.69) is 254 Å². The van der Waals surface area contributed by atoms with E-state index in [1.807, 2.05) is 6.20 Å². The van der Waals surface area contributed by atoms with E-state index in [-0.39, 0.29) is 39.2 Å². The summed E-state index contributed by atoms with van der Waals surface area (Å²) in [7, 11) is 0. The average Bonchev–Trinajstić information content (AvgIpc) is 3.71. The van der Waals surface area contributed by atoms with Gasteiger partial charge >= 0.3 is 0 Å². The van der Waals surface area contributed by atoms with E-state index in [1.54, 1.807) is 0 Å². The quantitative estimate of drug-likeness (QED) is 0.157. The average molecular weight is 936 g/mol. The minimum absolute atomic E-state index is 0.0570. The molecule has 4 nitrogen and oxygen atoms in total. The van der Waals surface area contributed by atoms with Crippen LogP contribution < -0.4 is 0 Å². The van der Waals surface area contributed by atoms with Crippen molar-refractivity contribution in [1.82, 2.24) is 14.5 Å². The van der Waals surface area contributed by atoms with Gasteiger partial charge in [0.15, 0.2) is 0 Å². The standard InChI is InChI=1S/C67H73N3O/c1-41(2)54-37-50(64(5,6)7)38-55(42(3)4)61(54)70-59-27-21-26-53(60(59)69-63(70)56-39-51(65(8,9)10)40-57(62(56)71)66(11,12)13)47-32-48(58-36-46(30-31-68-58)43-22-17-16-18-23-43)35-52(34-47)67(14,15)49-29-28-44-24-19-20-25-45(44)33-49/h16-42,71H,1-15H3. The van der Waals surface area contributed by atoms with Crippen LogP contribution in [-0.4, -0.2) is 19.6 Å². The van der Waals surface area contributed by atoms with E-state index in [1.165, 1.54) is 38.6 Å². The van der Waals surface area contributed by atoms with Gasteiger partial charge in [0, 0.05) is 28.3 Å². The van der Waals surface area contributed by atoms with E-state index in [4.69, 9.17) is 9.97 Å². The van der Waals surface area contributed by atoms with Crippen LogP contribution in [0.2, 0.25) is 0 Å². The number of phenolic OH excluding ortho intramolecular Hbond substituents is 1. The predicted molar refractivity (Wildman–Crippen MR) is 303 cm³/mol. The Bertz CT molecular complexity index is 3430. The lowest BCUT2D eigenvalue weighted by molar-refractivity contribution is 0.446. The summed E-state index contributed by atoms with van der Waals surface area (Å²) in [4.78, 5) is 10.9. The molecule has 7 aromatic carbocycles. The summed E-state index contributed by atoms with van der Waals surface area (Å²) in [6.07, 6.45) is 1.93. The van der Waals surface area contributed by atoms with Gasteiger partial charge in [0.2, 0.25) is 0 Å². The molecule has 9 rings (SSSR count). The zero-order valence-electron chi connectivity index (χ0n) is 44.9. The number of fused-ring (bicyclic) bond motifs is 2. The second-order valence-electron chi connectivity index (χ2n) is 24.2. The molecular weight excluding hydrogens is 863 g/mol. The van der Waals surface area contributed by atoms with Crippen LogP contribution in [0.1, 0.15) is 155 Å². The number of phenols is 1. The molecule has 0 amide bonds. The third-order valence-corrected chi connectivity index (χ3v) is 14.8. The summed E-state index contributed by atoms with van der Waals surface area (Å²) in [5.74, 6) is 1.42. The number of benzene rings is 7. The first kappa shape index (κ1) is 49.2. The number of nitrogens with zero attached hydrogens (tertiary/aromatic N) is 3. The molecule has 0 aliphatic heterocycles. The summed E-state index contributed by atoms with van der Waals surface area (Å²) in [5.41, 5.74) is 17.4. The molecule has 0 aliphatic rings. The van der Waals surface area contributed by atoms with Crippen molar-refractivity contribution in [2.45, 2.75) is 137 Å². The fraction of sp³-hybridized carbons (Fsp3) is 0.313. The highest BCUT2D eigenvalue weighted by Crippen LogP contribution is 2.48. The van der Waals surface area contributed by atoms with E-state index >= 15 is 0 Å². The molecule has 9 aromatic rings. The van der Waals surface area contributed by atoms with Crippen molar-refractivity contribution in [2.24, 2.45) is 0 Å². The molecular formula is C67H73N3O. The van der Waals surface area contributed by atoms with Gasteiger partial charge in [0.05, 0.1) is 28.0 Å². The molecule has 4 heteroatoms. The summed E-state index contributed by atoms with van der Waals surface area (Å²) in [6, 6.07) is 53.3. The molecule has 71 heavy (non-hydrogen) atoms. The lowest BCUT2D eigenvalue weighted by Gasteiger charge is -2.29. The van der Waals surface area contributed by atoms with Crippen molar-refractivity contribution in [2.75, 3.05) is 0 Å². The Kier molecular flexibility index (Phi) is 12.6. The summed E-state index contributed by atoms with van der Waals surface area (Å²) in [5, 5.41) is 15.2. The minimum atomic E-state index is -0.389. The first-order valence-electron chi connectivity index (χ1n) is 25.7. The number of aromatic hydroxyl groups is 1. The number of aromatic nitrogens is 3. The molecule has 0 aliphatic carbocycles. The Labute approximate surface area is 423 Å². The van der Waals surface area contributed by atoms with Gasteiger partial charge in [0.25, 0.3) is 0 Å². The maximum atomic E-state index is 12.8. The first-order valence-corrected chi connectivity index (χ1v) is 25.7. The molecule has 2 aromatic heterocycles. The van der Waals surface area contributed by atoms with Crippen LogP contribution in [-0.2, 0) is 21.7 Å².